The molecule has 0 saturated heterocycles. The summed E-state index contributed by atoms with van der Waals surface area (Å²) in [6.45, 7) is 3.12. The molecule has 0 spiro atoms. The van der Waals surface area contributed by atoms with E-state index < -0.39 is 0 Å². The van der Waals surface area contributed by atoms with Crippen LogP contribution >= 0.6 is 15.9 Å². The van der Waals surface area contributed by atoms with Crippen molar-refractivity contribution in [3.63, 3.8) is 0 Å². The Morgan fingerprint density at radius 2 is 2.00 bits per heavy atom. The van der Waals surface area contributed by atoms with Gasteiger partial charge in [0, 0.05) is 31.6 Å². The van der Waals surface area contributed by atoms with Gasteiger partial charge >= 0.3 is 0 Å². The van der Waals surface area contributed by atoms with Gasteiger partial charge in [-0.05, 0) is 12.8 Å². The van der Waals surface area contributed by atoms with Crippen LogP contribution in [0.1, 0.15) is 25.7 Å². The molecule has 0 atom stereocenters. The monoisotopic (exact) mass is 249 g/mol. The van der Waals surface area contributed by atoms with Crippen molar-refractivity contribution in [2.75, 3.05) is 32.1 Å². The summed E-state index contributed by atoms with van der Waals surface area (Å²) in [6, 6.07) is 0.827. The lowest BCUT2D eigenvalue weighted by molar-refractivity contribution is 0.126. The zero-order chi connectivity index (χ0) is 9.52. The molecule has 0 unspecified atom stereocenters. The van der Waals surface area contributed by atoms with E-state index in [1.54, 1.807) is 7.11 Å². The average Bonchev–Trinajstić information content (AvgIpc) is 2.65. The van der Waals surface area contributed by atoms with Crippen LogP contribution in [-0.4, -0.2) is 43.1 Å². The maximum atomic E-state index is 5.12. The molecule has 0 bridgehead atoms. The minimum atomic E-state index is 0.827. The van der Waals surface area contributed by atoms with Crippen LogP contribution in [0, 0.1) is 0 Å². The standard InChI is InChI=1S/C10H20BrNO/c1-13-9-8-12(7-6-11)10-4-2-3-5-10/h10H,2-9H2,1H3. The van der Waals surface area contributed by atoms with E-state index in [2.05, 4.69) is 20.8 Å². The fraction of sp³-hybridized carbons (Fsp3) is 1.00. The van der Waals surface area contributed by atoms with E-state index >= 15 is 0 Å². The van der Waals surface area contributed by atoms with E-state index in [-0.39, 0.29) is 0 Å². The molecule has 0 amide bonds. The molecule has 1 rings (SSSR count). The highest BCUT2D eigenvalue weighted by Crippen LogP contribution is 2.23. The molecule has 1 fully saturated rings. The fourth-order valence-electron chi connectivity index (χ4n) is 2.06. The topological polar surface area (TPSA) is 12.5 Å². The Morgan fingerprint density at radius 3 is 2.54 bits per heavy atom. The van der Waals surface area contributed by atoms with Crippen molar-refractivity contribution in [1.29, 1.82) is 0 Å². The van der Waals surface area contributed by atoms with Crippen molar-refractivity contribution in [1.82, 2.24) is 4.90 Å². The lowest BCUT2D eigenvalue weighted by atomic mass is 10.2. The maximum absolute atomic E-state index is 5.12. The fourth-order valence-corrected chi connectivity index (χ4v) is 2.52. The van der Waals surface area contributed by atoms with Crippen LogP contribution in [0.25, 0.3) is 0 Å². The molecule has 0 aromatic rings. The number of hydrogen-bond donors (Lipinski definition) is 0. The van der Waals surface area contributed by atoms with Crippen molar-refractivity contribution in [2.45, 2.75) is 31.7 Å². The average molecular weight is 250 g/mol. The molecule has 0 aliphatic heterocycles. The van der Waals surface area contributed by atoms with Crippen molar-refractivity contribution in [2.24, 2.45) is 0 Å². The summed E-state index contributed by atoms with van der Waals surface area (Å²) in [5.41, 5.74) is 0. The lowest BCUT2D eigenvalue weighted by Gasteiger charge is -2.27. The minimum absolute atomic E-state index is 0.827. The number of rotatable bonds is 6. The Balaban J connectivity index is 2.26. The SMILES string of the molecule is COCCN(CCBr)C1CCCC1. The van der Waals surface area contributed by atoms with Crippen LogP contribution in [0.2, 0.25) is 0 Å². The van der Waals surface area contributed by atoms with Gasteiger partial charge in [0.25, 0.3) is 0 Å². The van der Waals surface area contributed by atoms with E-state index in [1.165, 1.54) is 25.7 Å². The molecule has 1 saturated carbocycles. The van der Waals surface area contributed by atoms with E-state index in [4.69, 9.17) is 4.74 Å². The second-order valence-electron chi connectivity index (χ2n) is 3.66. The Labute approximate surface area is 89.8 Å². The third-order valence-corrected chi connectivity index (χ3v) is 3.15. The highest BCUT2D eigenvalue weighted by atomic mass is 79.9. The van der Waals surface area contributed by atoms with Crippen LogP contribution in [0.4, 0.5) is 0 Å². The zero-order valence-electron chi connectivity index (χ0n) is 8.47. The molecule has 0 aromatic heterocycles. The summed E-state index contributed by atoms with van der Waals surface area (Å²) in [6.07, 6.45) is 5.60. The highest BCUT2D eigenvalue weighted by molar-refractivity contribution is 9.09. The number of hydrogen-bond acceptors (Lipinski definition) is 2. The summed E-state index contributed by atoms with van der Waals surface area (Å²) < 4.78 is 5.12. The smallest absolute Gasteiger partial charge is 0.0589 e. The van der Waals surface area contributed by atoms with Gasteiger partial charge in [0.1, 0.15) is 0 Å². The summed E-state index contributed by atoms with van der Waals surface area (Å²) >= 11 is 3.51. The summed E-state index contributed by atoms with van der Waals surface area (Å²) in [4.78, 5) is 2.56. The third-order valence-electron chi connectivity index (χ3n) is 2.80. The van der Waals surface area contributed by atoms with Gasteiger partial charge in [-0.15, -0.1) is 0 Å². The van der Waals surface area contributed by atoms with Gasteiger partial charge in [0.2, 0.25) is 0 Å². The van der Waals surface area contributed by atoms with Gasteiger partial charge < -0.3 is 4.74 Å². The van der Waals surface area contributed by atoms with Crippen LogP contribution in [0.15, 0.2) is 0 Å². The molecule has 13 heavy (non-hydrogen) atoms. The number of methoxy groups -OCH3 is 1. The van der Waals surface area contributed by atoms with Gasteiger partial charge in [-0.3, -0.25) is 4.90 Å². The Bertz CT molecular complexity index is 126. The molecule has 1 aliphatic carbocycles. The van der Waals surface area contributed by atoms with E-state index in [1.807, 2.05) is 0 Å². The molecule has 3 heteroatoms. The molecular formula is C10H20BrNO. The molecule has 0 N–H and O–H groups in total. The first-order chi connectivity index (χ1) is 6.38. The Kier molecular flexibility index (Phi) is 6.00. The van der Waals surface area contributed by atoms with E-state index in [0.717, 1.165) is 31.1 Å². The van der Waals surface area contributed by atoms with Gasteiger partial charge in [-0.2, -0.15) is 0 Å². The Morgan fingerprint density at radius 1 is 1.31 bits per heavy atom. The molecular weight excluding hydrogens is 230 g/mol. The second-order valence-corrected chi connectivity index (χ2v) is 4.45. The van der Waals surface area contributed by atoms with Crippen molar-refractivity contribution in [3.8, 4) is 0 Å². The molecule has 78 valence electrons. The quantitative estimate of drug-likeness (QED) is 0.670. The maximum Gasteiger partial charge on any atom is 0.0589 e. The first-order valence-electron chi connectivity index (χ1n) is 5.17. The number of nitrogens with zero attached hydrogens (tertiary/aromatic N) is 1. The summed E-state index contributed by atoms with van der Waals surface area (Å²) in [5.74, 6) is 0. The highest BCUT2D eigenvalue weighted by Gasteiger charge is 2.21. The van der Waals surface area contributed by atoms with Crippen molar-refractivity contribution < 1.29 is 4.74 Å². The minimum Gasteiger partial charge on any atom is -0.383 e. The summed E-state index contributed by atoms with van der Waals surface area (Å²) in [7, 11) is 1.78. The molecule has 2 nitrogen and oxygen atoms in total. The number of ether oxygens (including phenoxy) is 1. The van der Waals surface area contributed by atoms with Crippen molar-refractivity contribution in [3.05, 3.63) is 0 Å². The van der Waals surface area contributed by atoms with E-state index in [9.17, 15) is 0 Å². The van der Waals surface area contributed by atoms with Crippen LogP contribution in [0.5, 0.6) is 0 Å². The first kappa shape index (κ1) is 11.5. The van der Waals surface area contributed by atoms with E-state index in [0.29, 0.717) is 0 Å². The third kappa shape index (κ3) is 3.96. The Hall–Kier alpha value is 0.400. The largest absolute Gasteiger partial charge is 0.383 e. The zero-order valence-corrected chi connectivity index (χ0v) is 10.1. The second kappa shape index (κ2) is 6.80. The van der Waals surface area contributed by atoms with Crippen LogP contribution < -0.4 is 0 Å². The predicted octanol–water partition coefficient (Wildman–Crippen LogP) is 2.27. The van der Waals surface area contributed by atoms with Crippen LogP contribution in [0.3, 0.4) is 0 Å². The summed E-state index contributed by atoms with van der Waals surface area (Å²) in [5, 5.41) is 1.08. The van der Waals surface area contributed by atoms with Gasteiger partial charge in [0.15, 0.2) is 0 Å². The normalized spacial score (nSPS) is 18.7. The predicted molar refractivity (Wildman–Crippen MR) is 59.5 cm³/mol. The van der Waals surface area contributed by atoms with Gasteiger partial charge in [-0.25, -0.2) is 0 Å². The van der Waals surface area contributed by atoms with Gasteiger partial charge in [-0.1, -0.05) is 28.8 Å². The first-order valence-corrected chi connectivity index (χ1v) is 6.29. The van der Waals surface area contributed by atoms with Crippen LogP contribution in [-0.2, 0) is 4.74 Å². The molecule has 0 heterocycles. The number of alkyl halides is 1. The molecule has 1 aliphatic rings. The van der Waals surface area contributed by atoms with Crippen molar-refractivity contribution >= 4 is 15.9 Å². The van der Waals surface area contributed by atoms with Gasteiger partial charge in [0.05, 0.1) is 6.61 Å². The number of halogens is 1. The lowest BCUT2D eigenvalue weighted by Crippen LogP contribution is -2.37. The molecule has 0 aromatic carbocycles. The molecule has 0 radical (unpaired) electrons.